The maximum atomic E-state index is 12.6. The van der Waals surface area contributed by atoms with Crippen LogP contribution in [0.25, 0.3) is 0 Å². The van der Waals surface area contributed by atoms with Crippen LogP contribution in [0, 0.1) is 0 Å². The highest BCUT2D eigenvalue weighted by Crippen LogP contribution is 2.35. The highest BCUT2D eigenvalue weighted by molar-refractivity contribution is 5.35. The maximum absolute atomic E-state index is 12.6. The summed E-state index contributed by atoms with van der Waals surface area (Å²) >= 11 is 0. The summed E-state index contributed by atoms with van der Waals surface area (Å²) in [7, 11) is 0. The highest BCUT2D eigenvalue weighted by Gasteiger charge is 2.39. The van der Waals surface area contributed by atoms with Gasteiger partial charge in [0.2, 0.25) is 0 Å². The fourth-order valence-corrected chi connectivity index (χ4v) is 1.72. The second-order valence-electron chi connectivity index (χ2n) is 5.19. The van der Waals surface area contributed by atoms with Crippen LogP contribution in [0.15, 0.2) is 18.2 Å². The molecule has 1 aromatic rings. The van der Waals surface area contributed by atoms with Crippen LogP contribution in [-0.4, -0.2) is 11.3 Å². The predicted molar refractivity (Wildman–Crippen MR) is 65.6 cm³/mol. The number of hydrogen-bond donors (Lipinski definition) is 1. The number of benzene rings is 1. The molecule has 0 radical (unpaired) electrons. The molecule has 1 N–H and O–H groups in total. The Kier molecular flexibility index (Phi) is 4.43. The Morgan fingerprint density at radius 2 is 1.17 bits per heavy atom. The SMILES string of the molecule is CC(C)c1cc(C(C)C)cc(C(O)C(F)(F)F)c1. The van der Waals surface area contributed by atoms with E-state index in [1.807, 2.05) is 33.8 Å². The molecule has 1 atom stereocenters. The monoisotopic (exact) mass is 260 g/mol. The summed E-state index contributed by atoms with van der Waals surface area (Å²) in [5.74, 6) is 0.255. The van der Waals surface area contributed by atoms with Gasteiger partial charge in [0.05, 0.1) is 0 Å². The first kappa shape index (κ1) is 15.0. The Balaban J connectivity index is 3.27. The van der Waals surface area contributed by atoms with Crippen LogP contribution in [0.3, 0.4) is 0 Å². The van der Waals surface area contributed by atoms with Crippen molar-refractivity contribution in [1.29, 1.82) is 0 Å². The molecule has 0 saturated heterocycles. The van der Waals surface area contributed by atoms with E-state index in [0.29, 0.717) is 0 Å². The third kappa shape index (κ3) is 3.48. The van der Waals surface area contributed by atoms with Gasteiger partial charge in [-0.15, -0.1) is 0 Å². The van der Waals surface area contributed by atoms with Gasteiger partial charge in [0.1, 0.15) is 0 Å². The van der Waals surface area contributed by atoms with Crippen molar-refractivity contribution >= 4 is 0 Å². The zero-order chi connectivity index (χ0) is 14.1. The lowest BCUT2D eigenvalue weighted by molar-refractivity contribution is -0.206. The zero-order valence-corrected chi connectivity index (χ0v) is 11.0. The molecular weight excluding hydrogens is 241 g/mol. The topological polar surface area (TPSA) is 20.2 Å². The molecule has 0 heterocycles. The molecule has 1 aromatic carbocycles. The Morgan fingerprint density at radius 3 is 1.44 bits per heavy atom. The zero-order valence-electron chi connectivity index (χ0n) is 11.0. The Labute approximate surface area is 106 Å². The summed E-state index contributed by atoms with van der Waals surface area (Å²) < 4.78 is 37.7. The lowest BCUT2D eigenvalue weighted by atomic mass is 9.91. The molecule has 1 unspecified atom stereocenters. The van der Waals surface area contributed by atoms with Gasteiger partial charge < -0.3 is 5.11 Å². The average molecular weight is 260 g/mol. The van der Waals surface area contributed by atoms with Gasteiger partial charge in [0.15, 0.2) is 6.10 Å². The van der Waals surface area contributed by atoms with Crippen LogP contribution in [0.5, 0.6) is 0 Å². The molecule has 0 amide bonds. The van der Waals surface area contributed by atoms with E-state index in [1.54, 1.807) is 0 Å². The van der Waals surface area contributed by atoms with Crippen LogP contribution in [0.4, 0.5) is 13.2 Å². The quantitative estimate of drug-likeness (QED) is 0.846. The Morgan fingerprint density at radius 1 is 0.833 bits per heavy atom. The highest BCUT2D eigenvalue weighted by atomic mass is 19.4. The number of halogens is 3. The van der Waals surface area contributed by atoms with Gasteiger partial charge in [-0.3, -0.25) is 0 Å². The average Bonchev–Trinajstić information content (AvgIpc) is 2.26. The number of aliphatic hydroxyl groups excluding tert-OH is 1. The van der Waals surface area contributed by atoms with Crippen LogP contribution >= 0.6 is 0 Å². The van der Waals surface area contributed by atoms with Gasteiger partial charge in [-0.25, -0.2) is 0 Å². The summed E-state index contributed by atoms with van der Waals surface area (Å²) in [6, 6.07) is 4.78. The van der Waals surface area contributed by atoms with Gasteiger partial charge >= 0.3 is 6.18 Å². The lowest BCUT2D eigenvalue weighted by Gasteiger charge is -2.19. The number of hydrogen-bond acceptors (Lipinski definition) is 1. The van der Waals surface area contributed by atoms with Crippen molar-refractivity contribution in [3.8, 4) is 0 Å². The van der Waals surface area contributed by atoms with E-state index in [0.717, 1.165) is 11.1 Å². The fraction of sp³-hybridized carbons (Fsp3) is 0.571. The van der Waals surface area contributed by atoms with Crippen molar-refractivity contribution in [3.63, 3.8) is 0 Å². The van der Waals surface area contributed by atoms with Crippen LogP contribution in [0.1, 0.15) is 62.3 Å². The minimum Gasteiger partial charge on any atom is -0.379 e. The van der Waals surface area contributed by atoms with E-state index < -0.39 is 12.3 Å². The number of aliphatic hydroxyl groups is 1. The van der Waals surface area contributed by atoms with Crippen molar-refractivity contribution < 1.29 is 18.3 Å². The van der Waals surface area contributed by atoms with E-state index in [1.165, 1.54) is 12.1 Å². The van der Waals surface area contributed by atoms with E-state index >= 15 is 0 Å². The molecule has 0 bridgehead atoms. The number of rotatable bonds is 3. The Bertz CT molecular complexity index is 382. The van der Waals surface area contributed by atoms with Gasteiger partial charge in [0.25, 0.3) is 0 Å². The molecule has 18 heavy (non-hydrogen) atoms. The maximum Gasteiger partial charge on any atom is 0.418 e. The summed E-state index contributed by atoms with van der Waals surface area (Å²) in [5.41, 5.74) is 1.57. The standard InChI is InChI=1S/C14H19F3O/c1-8(2)10-5-11(9(3)4)7-12(6-10)13(18)14(15,16)17/h5-9,13,18H,1-4H3. The smallest absolute Gasteiger partial charge is 0.379 e. The van der Waals surface area contributed by atoms with E-state index in [2.05, 4.69) is 0 Å². The van der Waals surface area contributed by atoms with Crippen molar-refractivity contribution in [2.75, 3.05) is 0 Å². The fourth-order valence-electron chi connectivity index (χ4n) is 1.72. The molecule has 102 valence electrons. The van der Waals surface area contributed by atoms with Gasteiger partial charge in [-0.05, 0) is 28.5 Å². The normalized spacial score (nSPS) is 14.3. The third-order valence-electron chi connectivity index (χ3n) is 2.96. The molecule has 0 fully saturated rings. The van der Waals surface area contributed by atoms with E-state index in [4.69, 9.17) is 0 Å². The van der Waals surface area contributed by atoms with E-state index in [-0.39, 0.29) is 17.4 Å². The van der Waals surface area contributed by atoms with Crippen LogP contribution in [0.2, 0.25) is 0 Å². The minimum atomic E-state index is -4.62. The first-order valence-corrected chi connectivity index (χ1v) is 6.02. The second-order valence-corrected chi connectivity index (χ2v) is 5.19. The van der Waals surface area contributed by atoms with Gasteiger partial charge in [-0.1, -0.05) is 45.9 Å². The van der Waals surface area contributed by atoms with E-state index in [9.17, 15) is 18.3 Å². The molecule has 0 aliphatic heterocycles. The van der Waals surface area contributed by atoms with Crippen LogP contribution < -0.4 is 0 Å². The summed E-state index contributed by atoms with van der Waals surface area (Å²) in [5, 5.41) is 9.34. The van der Waals surface area contributed by atoms with Crippen molar-refractivity contribution in [2.45, 2.75) is 51.8 Å². The molecule has 1 nitrogen and oxygen atoms in total. The third-order valence-corrected chi connectivity index (χ3v) is 2.96. The molecule has 0 aromatic heterocycles. The Hall–Kier alpha value is -1.03. The van der Waals surface area contributed by atoms with Crippen molar-refractivity contribution in [3.05, 3.63) is 34.9 Å². The summed E-state index contributed by atoms with van der Waals surface area (Å²) in [6.07, 6.45) is -7.03. The van der Waals surface area contributed by atoms with Gasteiger partial charge in [0, 0.05) is 0 Å². The molecule has 0 aliphatic carbocycles. The second kappa shape index (κ2) is 5.31. The number of alkyl halides is 3. The van der Waals surface area contributed by atoms with Crippen LogP contribution in [-0.2, 0) is 0 Å². The van der Waals surface area contributed by atoms with Crippen molar-refractivity contribution in [1.82, 2.24) is 0 Å². The lowest BCUT2D eigenvalue weighted by Crippen LogP contribution is -2.20. The summed E-state index contributed by atoms with van der Waals surface area (Å²) in [6.45, 7) is 7.68. The molecule has 0 aliphatic rings. The minimum absolute atomic E-state index is 0.0719. The predicted octanol–water partition coefficient (Wildman–Crippen LogP) is 4.53. The first-order valence-electron chi connectivity index (χ1n) is 6.02. The summed E-state index contributed by atoms with van der Waals surface area (Å²) in [4.78, 5) is 0. The molecule has 1 rings (SSSR count). The van der Waals surface area contributed by atoms with Gasteiger partial charge in [-0.2, -0.15) is 13.2 Å². The van der Waals surface area contributed by atoms with Crippen molar-refractivity contribution in [2.24, 2.45) is 0 Å². The first-order chi connectivity index (χ1) is 8.12. The largest absolute Gasteiger partial charge is 0.418 e. The molecule has 0 spiro atoms. The molecule has 0 saturated carbocycles. The molecule has 4 heteroatoms. The molecular formula is C14H19F3O.